The van der Waals surface area contributed by atoms with Crippen molar-refractivity contribution in [1.82, 2.24) is 4.98 Å². The lowest BCUT2D eigenvalue weighted by Crippen LogP contribution is -2.12. The number of pyridine rings is 1. The summed E-state index contributed by atoms with van der Waals surface area (Å²) in [5, 5.41) is 8.29. The van der Waals surface area contributed by atoms with Gasteiger partial charge < -0.3 is 10.1 Å². The minimum atomic E-state index is -1.18. The molecule has 0 saturated heterocycles. The van der Waals surface area contributed by atoms with Gasteiger partial charge in [-0.1, -0.05) is 0 Å². The number of carbonyl (C=O) groups is 1. The van der Waals surface area contributed by atoms with E-state index in [9.17, 15) is 14.0 Å². The number of aliphatic carboxylic acids is 1. The molecule has 0 aliphatic carbocycles. The van der Waals surface area contributed by atoms with Crippen molar-refractivity contribution in [3.05, 3.63) is 34.0 Å². The highest BCUT2D eigenvalue weighted by Crippen LogP contribution is 2.00. The van der Waals surface area contributed by atoms with E-state index in [-0.39, 0.29) is 5.69 Å². The van der Waals surface area contributed by atoms with Gasteiger partial charge in [0, 0.05) is 6.07 Å². The highest BCUT2D eigenvalue weighted by Gasteiger charge is 2.06. The lowest BCUT2D eigenvalue weighted by Gasteiger charge is -1.97. The monoisotopic (exact) mass is 171 g/mol. The number of rotatable bonds is 2. The normalized spacial score (nSPS) is 9.75. The van der Waals surface area contributed by atoms with Gasteiger partial charge in [-0.2, -0.15) is 0 Å². The summed E-state index contributed by atoms with van der Waals surface area (Å²) in [6, 6.07) is 1.94. The molecule has 4 nitrogen and oxygen atoms in total. The molecule has 0 saturated carbocycles. The number of aromatic amines is 1. The Balaban J connectivity index is 3.05. The molecule has 1 aromatic heterocycles. The van der Waals surface area contributed by atoms with Crippen molar-refractivity contribution in [2.24, 2.45) is 0 Å². The van der Waals surface area contributed by atoms with E-state index in [0.717, 1.165) is 12.1 Å². The van der Waals surface area contributed by atoms with Crippen molar-refractivity contribution >= 4 is 5.97 Å². The van der Waals surface area contributed by atoms with E-state index in [4.69, 9.17) is 5.11 Å². The fraction of sp³-hybridized carbons (Fsp3) is 0.143. The van der Waals surface area contributed by atoms with Crippen molar-refractivity contribution in [2.75, 3.05) is 0 Å². The lowest BCUT2D eigenvalue weighted by atomic mass is 10.2. The van der Waals surface area contributed by atoms with Gasteiger partial charge in [-0.15, -0.1) is 0 Å². The van der Waals surface area contributed by atoms with Crippen LogP contribution in [0, 0.1) is 5.82 Å². The number of nitrogens with one attached hydrogen (secondary N) is 1. The minimum absolute atomic E-state index is 0.199. The van der Waals surface area contributed by atoms with Gasteiger partial charge in [0.1, 0.15) is 5.82 Å². The summed E-state index contributed by atoms with van der Waals surface area (Å²) in [5.74, 6) is -1.90. The van der Waals surface area contributed by atoms with Gasteiger partial charge in [-0.3, -0.25) is 9.59 Å². The molecule has 0 atom stereocenters. The van der Waals surface area contributed by atoms with E-state index in [1.807, 2.05) is 0 Å². The Morgan fingerprint density at radius 2 is 2.25 bits per heavy atom. The molecule has 1 aromatic rings. The molecule has 2 N–H and O–H groups in total. The number of aromatic nitrogens is 1. The van der Waals surface area contributed by atoms with Crippen molar-refractivity contribution in [1.29, 1.82) is 0 Å². The fourth-order valence-electron chi connectivity index (χ4n) is 0.779. The van der Waals surface area contributed by atoms with Crippen molar-refractivity contribution in [3.8, 4) is 0 Å². The number of hydrogen-bond donors (Lipinski definition) is 2. The van der Waals surface area contributed by atoms with Crippen LogP contribution in [0.3, 0.4) is 0 Å². The summed E-state index contributed by atoms with van der Waals surface area (Å²) in [5.41, 5.74) is -0.706. The molecular weight excluding hydrogens is 165 g/mol. The molecule has 0 unspecified atom stereocenters. The summed E-state index contributed by atoms with van der Waals surface area (Å²) >= 11 is 0. The molecule has 0 radical (unpaired) electrons. The summed E-state index contributed by atoms with van der Waals surface area (Å²) < 4.78 is 12.7. The smallest absolute Gasteiger partial charge is 0.309 e. The van der Waals surface area contributed by atoms with Crippen LogP contribution in [0.2, 0.25) is 0 Å². The molecule has 1 heterocycles. The van der Waals surface area contributed by atoms with E-state index >= 15 is 0 Å². The molecule has 0 fully saturated rings. The van der Waals surface area contributed by atoms with Crippen LogP contribution >= 0.6 is 0 Å². The second kappa shape index (κ2) is 3.17. The highest BCUT2D eigenvalue weighted by molar-refractivity contribution is 5.69. The van der Waals surface area contributed by atoms with Crippen LogP contribution in [0.25, 0.3) is 0 Å². The molecule has 0 amide bonds. The van der Waals surface area contributed by atoms with E-state index < -0.39 is 23.8 Å². The van der Waals surface area contributed by atoms with Crippen LogP contribution in [-0.4, -0.2) is 16.1 Å². The van der Waals surface area contributed by atoms with E-state index in [2.05, 4.69) is 4.98 Å². The Morgan fingerprint density at radius 3 is 2.83 bits per heavy atom. The maximum absolute atomic E-state index is 12.7. The molecule has 0 aliphatic heterocycles. The third-order valence-electron chi connectivity index (χ3n) is 1.27. The van der Waals surface area contributed by atoms with Gasteiger partial charge in [0.2, 0.25) is 5.56 Å². The number of H-pyrrole nitrogens is 1. The van der Waals surface area contributed by atoms with Gasteiger partial charge in [0.05, 0.1) is 12.1 Å². The van der Waals surface area contributed by atoms with E-state index in [1.54, 1.807) is 0 Å². The molecule has 5 heteroatoms. The van der Waals surface area contributed by atoms with Gasteiger partial charge >= 0.3 is 5.97 Å². The summed E-state index contributed by atoms with van der Waals surface area (Å²) in [6.45, 7) is 0. The maximum Gasteiger partial charge on any atom is 0.309 e. The molecule has 0 aliphatic rings. The second-order valence-corrected chi connectivity index (χ2v) is 2.22. The highest BCUT2D eigenvalue weighted by atomic mass is 19.1. The fourth-order valence-corrected chi connectivity index (χ4v) is 0.779. The van der Waals surface area contributed by atoms with Crippen LogP contribution in [-0.2, 0) is 11.2 Å². The lowest BCUT2D eigenvalue weighted by molar-refractivity contribution is -0.136. The first-order valence-corrected chi connectivity index (χ1v) is 3.19. The van der Waals surface area contributed by atoms with Crippen molar-refractivity contribution in [2.45, 2.75) is 6.42 Å². The minimum Gasteiger partial charge on any atom is -0.481 e. The Labute approximate surface area is 66.7 Å². The average molecular weight is 171 g/mol. The molecule has 0 aromatic carbocycles. The molecule has 0 spiro atoms. The molecular formula is C7H6FNO3. The van der Waals surface area contributed by atoms with Crippen LogP contribution in [0.15, 0.2) is 16.9 Å². The quantitative estimate of drug-likeness (QED) is 0.664. The van der Waals surface area contributed by atoms with Gasteiger partial charge in [-0.25, -0.2) is 4.39 Å². The number of hydrogen-bond acceptors (Lipinski definition) is 2. The zero-order valence-corrected chi connectivity index (χ0v) is 6.00. The molecule has 64 valence electrons. The zero-order valence-electron chi connectivity index (χ0n) is 6.00. The Morgan fingerprint density at radius 1 is 1.58 bits per heavy atom. The Kier molecular flexibility index (Phi) is 2.23. The second-order valence-electron chi connectivity index (χ2n) is 2.22. The summed E-state index contributed by atoms with van der Waals surface area (Å²) in [7, 11) is 0. The van der Waals surface area contributed by atoms with Crippen LogP contribution in [0.4, 0.5) is 4.39 Å². The predicted octanol–water partition coefficient (Wildman–Crippen LogP) is 0.141. The maximum atomic E-state index is 12.7. The number of carboxylic acid groups (broad SMARTS) is 1. The predicted molar refractivity (Wildman–Crippen MR) is 38.4 cm³/mol. The Bertz CT molecular complexity index is 358. The van der Waals surface area contributed by atoms with Crippen molar-refractivity contribution in [3.63, 3.8) is 0 Å². The first kappa shape index (κ1) is 8.45. The van der Waals surface area contributed by atoms with Gasteiger partial charge in [-0.05, 0) is 6.07 Å². The van der Waals surface area contributed by atoms with Crippen LogP contribution in [0.1, 0.15) is 5.69 Å². The standard InChI is InChI=1S/C7H6FNO3/c8-4-1-2-6(10)9-5(4)3-7(11)12/h1-2H,3H2,(H,9,10)(H,11,12). The average Bonchev–Trinajstić information content (AvgIpc) is 1.96. The van der Waals surface area contributed by atoms with Crippen LogP contribution < -0.4 is 5.56 Å². The topological polar surface area (TPSA) is 70.2 Å². The van der Waals surface area contributed by atoms with E-state index in [0.29, 0.717) is 0 Å². The largest absolute Gasteiger partial charge is 0.481 e. The molecule has 0 bridgehead atoms. The third-order valence-corrected chi connectivity index (χ3v) is 1.27. The SMILES string of the molecule is O=C(O)Cc1[nH]c(=O)ccc1F. The van der Waals surface area contributed by atoms with Gasteiger partial charge in [0.15, 0.2) is 0 Å². The number of halogens is 1. The summed E-state index contributed by atoms with van der Waals surface area (Å²) in [4.78, 5) is 22.8. The third kappa shape index (κ3) is 1.91. The van der Waals surface area contributed by atoms with Crippen molar-refractivity contribution < 1.29 is 14.3 Å². The summed E-state index contributed by atoms with van der Waals surface area (Å²) in [6.07, 6.45) is -0.512. The molecule has 1 rings (SSSR count). The van der Waals surface area contributed by atoms with Crippen LogP contribution in [0.5, 0.6) is 0 Å². The first-order valence-electron chi connectivity index (χ1n) is 3.19. The first-order chi connectivity index (χ1) is 5.59. The van der Waals surface area contributed by atoms with E-state index in [1.165, 1.54) is 0 Å². The Hall–Kier alpha value is -1.65. The molecule has 12 heavy (non-hydrogen) atoms. The zero-order chi connectivity index (χ0) is 9.14. The van der Waals surface area contributed by atoms with Gasteiger partial charge in [0.25, 0.3) is 0 Å². The number of carboxylic acids is 1.